The molecule has 1 amide bonds. The minimum Gasteiger partial charge on any atom is -0.393 e. The maximum Gasteiger partial charge on any atom is 0.251 e. The van der Waals surface area contributed by atoms with Crippen LogP contribution >= 0.6 is 15.9 Å². The molecule has 1 aromatic carbocycles. The molecule has 0 saturated heterocycles. The number of amides is 1. The molecule has 3 nitrogen and oxygen atoms in total. The Kier molecular flexibility index (Phi) is 4.78. The second kappa shape index (κ2) is 6.34. The lowest BCUT2D eigenvalue weighted by molar-refractivity contribution is 0.0663. The molecule has 0 bridgehead atoms. The Bertz CT molecular complexity index is 422. The largest absolute Gasteiger partial charge is 0.393 e. The van der Waals surface area contributed by atoms with Crippen LogP contribution in [0.15, 0.2) is 28.7 Å². The molecule has 98 valence electrons. The summed E-state index contributed by atoms with van der Waals surface area (Å²) >= 11 is 3.35. The molecule has 2 unspecified atom stereocenters. The lowest BCUT2D eigenvalue weighted by Crippen LogP contribution is -2.36. The summed E-state index contributed by atoms with van der Waals surface area (Å²) in [7, 11) is 0. The number of carbonyl (C=O) groups excluding carboxylic acids is 1. The Morgan fingerprint density at radius 3 is 2.89 bits per heavy atom. The summed E-state index contributed by atoms with van der Waals surface area (Å²) in [5.74, 6) is 0.129. The maximum atomic E-state index is 11.9. The molecule has 1 fully saturated rings. The SMILES string of the molecule is O=C(NCC1CCCCC1O)c1cccc(Br)c1. The van der Waals surface area contributed by atoms with Gasteiger partial charge in [-0.25, -0.2) is 0 Å². The van der Waals surface area contributed by atoms with E-state index in [9.17, 15) is 9.90 Å². The smallest absolute Gasteiger partial charge is 0.251 e. The summed E-state index contributed by atoms with van der Waals surface area (Å²) in [5, 5.41) is 12.7. The van der Waals surface area contributed by atoms with Gasteiger partial charge in [0.15, 0.2) is 0 Å². The fourth-order valence-electron chi connectivity index (χ4n) is 2.38. The average Bonchev–Trinajstić information content (AvgIpc) is 2.37. The molecule has 2 N–H and O–H groups in total. The second-order valence-corrected chi connectivity index (χ2v) is 5.75. The van der Waals surface area contributed by atoms with Crippen LogP contribution in [-0.2, 0) is 0 Å². The first-order valence-corrected chi connectivity index (χ1v) is 7.18. The third kappa shape index (κ3) is 3.56. The highest BCUT2D eigenvalue weighted by molar-refractivity contribution is 9.10. The molecule has 1 aromatic rings. The lowest BCUT2D eigenvalue weighted by atomic mass is 9.86. The molecule has 4 heteroatoms. The quantitative estimate of drug-likeness (QED) is 0.901. The monoisotopic (exact) mass is 311 g/mol. The van der Waals surface area contributed by atoms with Crippen molar-refractivity contribution in [1.29, 1.82) is 0 Å². The van der Waals surface area contributed by atoms with E-state index < -0.39 is 0 Å². The Balaban J connectivity index is 1.88. The molecule has 0 aromatic heterocycles. The van der Waals surface area contributed by atoms with Crippen LogP contribution in [0.4, 0.5) is 0 Å². The summed E-state index contributed by atoms with van der Waals surface area (Å²) in [4.78, 5) is 11.9. The van der Waals surface area contributed by atoms with E-state index in [1.54, 1.807) is 12.1 Å². The van der Waals surface area contributed by atoms with Crippen molar-refractivity contribution in [3.05, 3.63) is 34.3 Å². The molecule has 1 aliphatic rings. The number of hydrogen-bond donors (Lipinski definition) is 2. The van der Waals surface area contributed by atoms with E-state index >= 15 is 0 Å². The fourth-order valence-corrected chi connectivity index (χ4v) is 2.78. The first-order valence-electron chi connectivity index (χ1n) is 6.38. The van der Waals surface area contributed by atoms with Gasteiger partial charge in [-0.05, 0) is 31.0 Å². The molecular formula is C14H18BrNO2. The van der Waals surface area contributed by atoms with Crippen LogP contribution in [0.3, 0.4) is 0 Å². The van der Waals surface area contributed by atoms with Gasteiger partial charge < -0.3 is 10.4 Å². The van der Waals surface area contributed by atoms with Gasteiger partial charge in [0.1, 0.15) is 0 Å². The van der Waals surface area contributed by atoms with E-state index in [2.05, 4.69) is 21.2 Å². The van der Waals surface area contributed by atoms with Crippen LogP contribution in [-0.4, -0.2) is 23.7 Å². The van der Waals surface area contributed by atoms with Gasteiger partial charge in [-0.15, -0.1) is 0 Å². The van der Waals surface area contributed by atoms with Gasteiger partial charge in [-0.3, -0.25) is 4.79 Å². The lowest BCUT2D eigenvalue weighted by Gasteiger charge is -2.27. The highest BCUT2D eigenvalue weighted by Crippen LogP contribution is 2.23. The summed E-state index contributed by atoms with van der Waals surface area (Å²) in [5.41, 5.74) is 0.648. The molecule has 1 aliphatic carbocycles. The predicted octanol–water partition coefficient (Wildman–Crippen LogP) is 2.73. The molecule has 0 heterocycles. The number of aliphatic hydroxyl groups is 1. The van der Waals surface area contributed by atoms with Gasteiger partial charge >= 0.3 is 0 Å². The van der Waals surface area contributed by atoms with Gasteiger partial charge in [0, 0.05) is 22.5 Å². The van der Waals surface area contributed by atoms with Crippen LogP contribution < -0.4 is 5.32 Å². The molecule has 2 atom stereocenters. The van der Waals surface area contributed by atoms with E-state index in [1.807, 2.05) is 12.1 Å². The van der Waals surface area contributed by atoms with Crippen molar-refractivity contribution in [1.82, 2.24) is 5.32 Å². The van der Waals surface area contributed by atoms with E-state index in [0.29, 0.717) is 12.1 Å². The van der Waals surface area contributed by atoms with Crippen LogP contribution in [0.1, 0.15) is 36.0 Å². The van der Waals surface area contributed by atoms with Gasteiger partial charge in [0.2, 0.25) is 0 Å². The normalized spacial score (nSPS) is 23.7. The van der Waals surface area contributed by atoms with Gasteiger partial charge in [0.05, 0.1) is 6.10 Å². The Hall–Kier alpha value is -0.870. The summed E-state index contributed by atoms with van der Waals surface area (Å²) in [6.07, 6.45) is 3.84. The Labute approximate surface area is 116 Å². The van der Waals surface area contributed by atoms with Crippen molar-refractivity contribution < 1.29 is 9.90 Å². The van der Waals surface area contributed by atoms with E-state index in [4.69, 9.17) is 0 Å². The van der Waals surface area contributed by atoms with Crippen LogP contribution in [0.5, 0.6) is 0 Å². The zero-order chi connectivity index (χ0) is 13.0. The summed E-state index contributed by atoms with van der Waals surface area (Å²) in [6.45, 7) is 0.562. The Morgan fingerprint density at radius 1 is 1.39 bits per heavy atom. The number of hydrogen-bond acceptors (Lipinski definition) is 2. The van der Waals surface area contributed by atoms with Gasteiger partial charge in [-0.2, -0.15) is 0 Å². The number of benzene rings is 1. The molecule has 0 aliphatic heterocycles. The van der Waals surface area contributed by atoms with Crippen molar-refractivity contribution in [2.75, 3.05) is 6.54 Å². The maximum absolute atomic E-state index is 11.9. The van der Waals surface area contributed by atoms with Crippen molar-refractivity contribution in [3.63, 3.8) is 0 Å². The van der Waals surface area contributed by atoms with Crippen molar-refractivity contribution >= 4 is 21.8 Å². The zero-order valence-electron chi connectivity index (χ0n) is 10.2. The number of aliphatic hydroxyl groups excluding tert-OH is 1. The number of nitrogens with one attached hydrogen (secondary N) is 1. The Morgan fingerprint density at radius 2 is 2.17 bits per heavy atom. The minimum absolute atomic E-state index is 0.0749. The second-order valence-electron chi connectivity index (χ2n) is 4.83. The number of halogens is 1. The van der Waals surface area contributed by atoms with Crippen LogP contribution in [0, 0.1) is 5.92 Å². The highest BCUT2D eigenvalue weighted by atomic mass is 79.9. The van der Waals surface area contributed by atoms with E-state index in [-0.39, 0.29) is 17.9 Å². The number of rotatable bonds is 3. The average molecular weight is 312 g/mol. The summed E-state index contributed by atoms with van der Waals surface area (Å²) < 4.78 is 0.896. The van der Waals surface area contributed by atoms with Gasteiger partial charge in [-0.1, -0.05) is 34.8 Å². The van der Waals surface area contributed by atoms with Gasteiger partial charge in [0.25, 0.3) is 5.91 Å². The third-order valence-electron chi connectivity index (χ3n) is 3.48. The topological polar surface area (TPSA) is 49.3 Å². The predicted molar refractivity (Wildman–Crippen MR) is 74.4 cm³/mol. The van der Waals surface area contributed by atoms with Crippen LogP contribution in [0.2, 0.25) is 0 Å². The third-order valence-corrected chi connectivity index (χ3v) is 3.97. The van der Waals surface area contributed by atoms with Crippen molar-refractivity contribution in [2.45, 2.75) is 31.8 Å². The first-order chi connectivity index (χ1) is 8.66. The molecule has 18 heavy (non-hydrogen) atoms. The standard InChI is InChI=1S/C14H18BrNO2/c15-12-6-3-5-10(8-12)14(18)16-9-11-4-1-2-7-13(11)17/h3,5-6,8,11,13,17H,1-2,4,7,9H2,(H,16,18). The molecule has 0 spiro atoms. The molecule has 0 radical (unpaired) electrons. The molecule has 2 rings (SSSR count). The van der Waals surface area contributed by atoms with E-state index in [0.717, 1.165) is 30.2 Å². The van der Waals surface area contributed by atoms with Crippen molar-refractivity contribution in [3.8, 4) is 0 Å². The van der Waals surface area contributed by atoms with E-state index in [1.165, 1.54) is 0 Å². The minimum atomic E-state index is -0.262. The summed E-state index contributed by atoms with van der Waals surface area (Å²) in [6, 6.07) is 7.32. The zero-order valence-corrected chi connectivity index (χ0v) is 11.8. The number of carbonyl (C=O) groups is 1. The highest BCUT2D eigenvalue weighted by Gasteiger charge is 2.23. The first kappa shape index (κ1) is 13.6. The van der Waals surface area contributed by atoms with Crippen LogP contribution in [0.25, 0.3) is 0 Å². The molecular weight excluding hydrogens is 294 g/mol. The molecule has 1 saturated carbocycles. The van der Waals surface area contributed by atoms with Crippen molar-refractivity contribution in [2.24, 2.45) is 5.92 Å². The fraction of sp³-hybridized carbons (Fsp3) is 0.500.